The number of carbonyl (C=O) groups excluding carboxylic acids is 1. The first kappa shape index (κ1) is 12.4. The first-order valence-electron chi connectivity index (χ1n) is 5.10. The number of rotatable bonds is 6. The fraction of sp³-hybridized carbons (Fsp3) is 0.417. The van der Waals surface area contributed by atoms with Crippen LogP contribution in [0.4, 0.5) is 0 Å². The largest absolute Gasteiger partial charge is 0.493 e. The number of carbonyl (C=O) groups is 1. The lowest BCUT2D eigenvalue weighted by atomic mass is 10.3. The summed E-state index contributed by atoms with van der Waals surface area (Å²) in [5.41, 5.74) is 0. The van der Waals surface area contributed by atoms with Crippen LogP contribution in [0.15, 0.2) is 24.3 Å². The maximum atomic E-state index is 10.8. The van der Waals surface area contributed by atoms with Crippen molar-refractivity contribution in [1.29, 1.82) is 0 Å². The number of para-hydroxylation sites is 2. The lowest BCUT2D eigenvalue weighted by Gasteiger charge is -2.09. The second kappa shape index (κ2) is 6.71. The van der Waals surface area contributed by atoms with Crippen molar-refractivity contribution in [3.63, 3.8) is 0 Å². The van der Waals surface area contributed by atoms with Gasteiger partial charge in [0.1, 0.15) is 0 Å². The average molecular weight is 224 g/mol. The summed E-state index contributed by atoms with van der Waals surface area (Å²) in [7, 11) is 2.97. The summed E-state index contributed by atoms with van der Waals surface area (Å²) in [4.78, 5) is 10.8. The SMILES string of the molecule is COC(=O)CCCOc1ccccc1OC. The van der Waals surface area contributed by atoms with Gasteiger partial charge >= 0.3 is 5.97 Å². The number of methoxy groups -OCH3 is 2. The molecule has 0 N–H and O–H groups in total. The van der Waals surface area contributed by atoms with Gasteiger partial charge in [-0.15, -0.1) is 0 Å². The zero-order valence-corrected chi connectivity index (χ0v) is 9.56. The third-order valence-electron chi connectivity index (χ3n) is 2.08. The minimum atomic E-state index is -0.219. The van der Waals surface area contributed by atoms with E-state index in [2.05, 4.69) is 4.74 Å². The predicted molar refractivity (Wildman–Crippen MR) is 59.7 cm³/mol. The molecule has 4 heteroatoms. The van der Waals surface area contributed by atoms with Crippen molar-refractivity contribution in [2.75, 3.05) is 20.8 Å². The molecule has 1 aromatic rings. The van der Waals surface area contributed by atoms with Gasteiger partial charge < -0.3 is 14.2 Å². The molecule has 0 aliphatic rings. The molecule has 0 heterocycles. The van der Waals surface area contributed by atoms with Gasteiger partial charge in [-0.05, 0) is 18.6 Å². The molecule has 0 aliphatic heterocycles. The highest BCUT2D eigenvalue weighted by molar-refractivity contribution is 5.69. The topological polar surface area (TPSA) is 44.8 Å². The van der Waals surface area contributed by atoms with Crippen molar-refractivity contribution in [1.82, 2.24) is 0 Å². The molecule has 88 valence electrons. The van der Waals surface area contributed by atoms with Crippen molar-refractivity contribution >= 4 is 5.97 Å². The number of ether oxygens (including phenoxy) is 3. The van der Waals surface area contributed by atoms with Crippen molar-refractivity contribution in [3.05, 3.63) is 24.3 Å². The van der Waals surface area contributed by atoms with Gasteiger partial charge in [0, 0.05) is 6.42 Å². The smallest absolute Gasteiger partial charge is 0.305 e. The van der Waals surface area contributed by atoms with Crippen LogP contribution in [0.5, 0.6) is 11.5 Å². The van der Waals surface area contributed by atoms with E-state index >= 15 is 0 Å². The van der Waals surface area contributed by atoms with Crippen molar-refractivity contribution in [2.24, 2.45) is 0 Å². The number of benzene rings is 1. The third kappa shape index (κ3) is 3.81. The highest BCUT2D eigenvalue weighted by Gasteiger charge is 2.03. The van der Waals surface area contributed by atoms with Crippen LogP contribution in [0, 0.1) is 0 Å². The van der Waals surface area contributed by atoms with E-state index in [0.29, 0.717) is 30.9 Å². The van der Waals surface area contributed by atoms with E-state index in [9.17, 15) is 4.79 Å². The summed E-state index contributed by atoms with van der Waals surface area (Å²) in [6.07, 6.45) is 0.996. The maximum Gasteiger partial charge on any atom is 0.305 e. The molecule has 0 saturated carbocycles. The zero-order chi connectivity index (χ0) is 11.8. The van der Waals surface area contributed by atoms with Gasteiger partial charge in [-0.1, -0.05) is 12.1 Å². The average Bonchev–Trinajstić information content (AvgIpc) is 2.34. The Kier molecular flexibility index (Phi) is 5.19. The predicted octanol–water partition coefficient (Wildman–Crippen LogP) is 2.03. The highest BCUT2D eigenvalue weighted by Crippen LogP contribution is 2.25. The van der Waals surface area contributed by atoms with Crippen LogP contribution in [0.3, 0.4) is 0 Å². The summed E-state index contributed by atoms with van der Waals surface area (Å²) in [5, 5.41) is 0. The van der Waals surface area contributed by atoms with E-state index in [-0.39, 0.29) is 5.97 Å². The van der Waals surface area contributed by atoms with E-state index < -0.39 is 0 Å². The lowest BCUT2D eigenvalue weighted by Crippen LogP contribution is -2.05. The van der Waals surface area contributed by atoms with E-state index in [1.807, 2.05) is 24.3 Å². The van der Waals surface area contributed by atoms with Crippen LogP contribution in [0.2, 0.25) is 0 Å². The Morgan fingerprint density at radius 1 is 1.19 bits per heavy atom. The Morgan fingerprint density at radius 3 is 2.50 bits per heavy atom. The molecule has 0 fully saturated rings. The molecular weight excluding hydrogens is 208 g/mol. The molecule has 0 atom stereocenters. The number of hydrogen-bond donors (Lipinski definition) is 0. The molecule has 0 bridgehead atoms. The summed E-state index contributed by atoms with van der Waals surface area (Å²) >= 11 is 0. The first-order valence-corrected chi connectivity index (χ1v) is 5.10. The minimum Gasteiger partial charge on any atom is -0.493 e. The first-order chi connectivity index (χ1) is 7.77. The molecule has 0 unspecified atom stereocenters. The van der Waals surface area contributed by atoms with Crippen molar-refractivity contribution in [3.8, 4) is 11.5 Å². The van der Waals surface area contributed by atoms with Crippen LogP contribution in [0.1, 0.15) is 12.8 Å². The van der Waals surface area contributed by atoms with E-state index in [0.717, 1.165) is 0 Å². The van der Waals surface area contributed by atoms with Crippen molar-refractivity contribution in [2.45, 2.75) is 12.8 Å². The Bertz CT molecular complexity index is 336. The van der Waals surface area contributed by atoms with Crippen LogP contribution in [-0.4, -0.2) is 26.8 Å². The van der Waals surface area contributed by atoms with E-state index in [4.69, 9.17) is 9.47 Å². The molecule has 0 aromatic heterocycles. The second-order valence-electron chi connectivity index (χ2n) is 3.18. The Hall–Kier alpha value is -1.71. The van der Waals surface area contributed by atoms with Gasteiger partial charge in [-0.2, -0.15) is 0 Å². The van der Waals surface area contributed by atoms with Gasteiger partial charge in [0.15, 0.2) is 11.5 Å². The molecule has 0 aliphatic carbocycles. The molecule has 0 amide bonds. The fourth-order valence-electron chi connectivity index (χ4n) is 1.24. The molecule has 0 spiro atoms. The van der Waals surface area contributed by atoms with Crippen LogP contribution < -0.4 is 9.47 Å². The van der Waals surface area contributed by atoms with Crippen LogP contribution in [-0.2, 0) is 9.53 Å². The normalized spacial score (nSPS) is 9.62. The van der Waals surface area contributed by atoms with E-state index in [1.165, 1.54) is 7.11 Å². The molecule has 1 aromatic carbocycles. The van der Waals surface area contributed by atoms with Gasteiger partial charge in [0.25, 0.3) is 0 Å². The summed E-state index contributed by atoms with van der Waals surface area (Å²) < 4.78 is 15.1. The molecule has 1 rings (SSSR count). The van der Waals surface area contributed by atoms with Crippen molar-refractivity contribution < 1.29 is 19.0 Å². The monoisotopic (exact) mass is 224 g/mol. The third-order valence-corrected chi connectivity index (χ3v) is 2.08. The number of esters is 1. The highest BCUT2D eigenvalue weighted by atomic mass is 16.5. The molecular formula is C12H16O4. The van der Waals surface area contributed by atoms with Crippen LogP contribution >= 0.6 is 0 Å². The fourth-order valence-corrected chi connectivity index (χ4v) is 1.24. The Morgan fingerprint density at radius 2 is 1.88 bits per heavy atom. The molecule has 0 saturated heterocycles. The summed E-state index contributed by atoms with van der Waals surface area (Å²) in [6, 6.07) is 7.41. The zero-order valence-electron chi connectivity index (χ0n) is 9.56. The lowest BCUT2D eigenvalue weighted by molar-refractivity contribution is -0.140. The standard InChI is InChI=1S/C12H16O4/c1-14-10-6-3-4-7-11(10)16-9-5-8-12(13)15-2/h3-4,6-7H,5,8-9H2,1-2H3. The quantitative estimate of drug-likeness (QED) is 0.548. The van der Waals surface area contributed by atoms with Gasteiger partial charge in [0.05, 0.1) is 20.8 Å². The van der Waals surface area contributed by atoms with Gasteiger partial charge in [-0.25, -0.2) is 0 Å². The second-order valence-corrected chi connectivity index (χ2v) is 3.18. The summed E-state index contributed by atoms with van der Waals surface area (Å²) in [5.74, 6) is 1.17. The Labute approximate surface area is 95.1 Å². The minimum absolute atomic E-state index is 0.219. The molecule has 0 radical (unpaired) electrons. The summed E-state index contributed by atoms with van der Waals surface area (Å²) in [6.45, 7) is 0.468. The molecule has 16 heavy (non-hydrogen) atoms. The van der Waals surface area contributed by atoms with Crippen LogP contribution in [0.25, 0.3) is 0 Å². The maximum absolute atomic E-state index is 10.8. The van der Waals surface area contributed by atoms with Gasteiger partial charge in [-0.3, -0.25) is 4.79 Å². The Balaban J connectivity index is 2.34. The van der Waals surface area contributed by atoms with Gasteiger partial charge in [0.2, 0.25) is 0 Å². The number of hydrogen-bond acceptors (Lipinski definition) is 4. The molecule has 4 nitrogen and oxygen atoms in total. The van der Waals surface area contributed by atoms with E-state index in [1.54, 1.807) is 7.11 Å².